The number of hydrogen-bond acceptors (Lipinski definition) is 4. The predicted molar refractivity (Wildman–Crippen MR) is 89.2 cm³/mol. The van der Waals surface area contributed by atoms with E-state index in [1.807, 2.05) is 0 Å². The van der Waals surface area contributed by atoms with E-state index in [-0.39, 0.29) is 11.5 Å². The van der Waals surface area contributed by atoms with E-state index in [2.05, 4.69) is 15.5 Å². The van der Waals surface area contributed by atoms with Gasteiger partial charge in [0.25, 0.3) is 5.91 Å². The second-order valence-corrected chi connectivity index (χ2v) is 7.07. The van der Waals surface area contributed by atoms with Gasteiger partial charge in [-0.25, -0.2) is 4.39 Å². The number of carbonyl (C=O) groups is 1. The molecule has 1 aliphatic carbocycles. The van der Waals surface area contributed by atoms with Crippen molar-refractivity contribution in [2.45, 2.75) is 44.9 Å². The minimum atomic E-state index is -0.428. The summed E-state index contributed by atoms with van der Waals surface area (Å²) in [6.07, 6.45) is 8.76. The molecule has 1 saturated carbocycles. The first-order chi connectivity index (χ1) is 11.2. The molecule has 1 fully saturated rings. The minimum Gasteiger partial charge on any atom is -0.296 e. The molecular weight excluding hydrogens is 313 g/mol. The number of benzene rings is 1. The Morgan fingerprint density at radius 2 is 2.09 bits per heavy atom. The molecule has 1 heterocycles. The zero-order chi connectivity index (χ0) is 16.1. The van der Waals surface area contributed by atoms with Gasteiger partial charge < -0.3 is 0 Å². The second-order valence-electron chi connectivity index (χ2n) is 6.01. The minimum absolute atomic E-state index is 0.281. The van der Waals surface area contributed by atoms with E-state index in [4.69, 9.17) is 0 Å². The fourth-order valence-corrected chi connectivity index (χ4v) is 3.76. The number of halogens is 1. The Morgan fingerprint density at radius 3 is 2.87 bits per heavy atom. The topological polar surface area (TPSA) is 54.9 Å². The lowest BCUT2D eigenvalue weighted by molar-refractivity contribution is 0.102. The van der Waals surface area contributed by atoms with Crippen molar-refractivity contribution in [2.75, 3.05) is 5.32 Å². The van der Waals surface area contributed by atoms with E-state index in [9.17, 15) is 9.18 Å². The summed E-state index contributed by atoms with van der Waals surface area (Å²) in [6, 6.07) is 5.61. The summed E-state index contributed by atoms with van der Waals surface area (Å²) in [5.41, 5.74) is 0.281. The molecule has 1 aromatic heterocycles. The molecule has 1 aliphatic rings. The molecule has 1 amide bonds. The number of nitrogens with one attached hydrogen (secondary N) is 1. The number of nitrogens with zero attached hydrogens (tertiary/aromatic N) is 2. The van der Waals surface area contributed by atoms with Crippen LogP contribution in [0.15, 0.2) is 24.3 Å². The van der Waals surface area contributed by atoms with Gasteiger partial charge in [0.2, 0.25) is 5.13 Å². The molecule has 122 valence electrons. The quantitative estimate of drug-likeness (QED) is 0.880. The van der Waals surface area contributed by atoms with Gasteiger partial charge in [-0.1, -0.05) is 49.5 Å². The average Bonchev–Trinajstić information content (AvgIpc) is 3.01. The van der Waals surface area contributed by atoms with Crippen LogP contribution in [0.1, 0.15) is 53.9 Å². The van der Waals surface area contributed by atoms with Crippen LogP contribution in [0.25, 0.3) is 0 Å². The van der Waals surface area contributed by atoms with E-state index in [1.165, 1.54) is 61.6 Å². The Balaban J connectivity index is 1.53. The molecule has 0 aliphatic heterocycles. The Labute approximate surface area is 139 Å². The third-order valence-corrected chi connectivity index (χ3v) is 5.16. The highest BCUT2D eigenvalue weighted by atomic mass is 32.1. The van der Waals surface area contributed by atoms with Gasteiger partial charge in [-0.2, -0.15) is 0 Å². The van der Waals surface area contributed by atoms with E-state index in [1.54, 1.807) is 6.07 Å². The molecule has 6 heteroatoms. The van der Waals surface area contributed by atoms with Crippen LogP contribution in [0.4, 0.5) is 9.52 Å². The monoisotopic (exact) mass is 333 g/mol. The van der Waals surface area contributed by atoms with Crippen LogP contribution < -0.4 is 5.32 Å². The van der Waals surface area contributed by atoms with Gasteiger partial charge in [0.15, 0.2) is 0 Å². The van der Waals surface area contributed by atoms with Gasteiger partial charge in [0.1, 0.15) is 10.8 Å². The van der Waals surface area contributed by atoms with Gasteiger partial charge in [0, 0.05) is 12.0 Å². The van der Waals surface area contributed by atoms with Crippen molar-refractivity contribution >= 4 is 22.4 Å². The lowest BCUT2D eigenvalue weighted by atomic mass is 9.86. The molecule has 0 radical (unpaired) electrons. The van der Waals surface area contributed by atoms with Crippen molar-refractivity contribution in [3.05, 3.63) is 40.7 Å². The van der Waals surface area contributed by atoms with Gasteiger partial charge in [-0.05, 0) is 30.5 Å². The number of amides is 1. The highest BCUT2D eigenvalue weighted by Gasteiger charge is 2.15. The first kappa shape index (κ1) is 16.1. The maximum absolute atomic E-state index is 13.1. The summed E-state index contributed by atoms with van der Waals surface area (Å²) in [6.45, 7) is 0. The van der Waals surface area contributed by atoms with E-state index in [0.717, 1.165) is 23.8 Å². The number of aromatic nitrogens is 2. The van der Waals surface area contributed by atoms with Gasteiger partial charge >= 0.3 is 0 Å². The number of rotatable bonds is 5. The highest BCUT2D eigenvalue weighted by molar-refractivity contribution is 7.15. The molecule has 1 N–H and O–H groups in total. The SMILES string of the molecule is O=C(Nc1nnc(CCC2CCCCC2)s1)c1cccc(F)c1. The van der Waals surface area contributed by atoms with Crippen molar-refractivity contribution in [3.8, 4) is 0 Å². The number of hydrogen-bond donors (Lipinski definition) is 1. The lowest BCUT2D eigenvalue weighted by Gasteiger charge is -2.20. The molecule has 3 rings (SSSR count). The third kappa shape index (κ3) is 4.58. The predicted octanol–water partition coefficient (Wildman–Crippen LogP) is 4.44. The average molecular weight is 333 g/mol. The molecule has 1 aromatic carbocycles. The molecule has 4 nitrogen and oxygen atoms in total. The Bertz CT molecular complexity index is 667. The van der Waals surface area contributed by atoms with E-state index < -0.39 is 5.82 Å². The lowest BCUT2D eigenvalue weighted by Crippen LogP contribution is -2.11. The first-order valence-electron chi connectivity index (χ1n) is 8.10. The summed E-state index contributed by atoms with van der Waals surface area (Å²) in [4.78, 5) is 12.0. The maximum atomic E-state index is 13.1. The zero-order valence-electron chi connectivity index (χ0n) is 12.9. The third-order valence-electron chi connectivity index (χ3n) is 4.27. The molecule has 23 heavy (non-hydrogen) atoms. The Kier molecular flexibility index (Phi) is 5.33. The van der Waals surface area contributed by atoms with Crippen LogP contribution in [0, 0.1) is 11.7 Å². The van der Waals surface area contributed by atoms with Crippen LogP contribution >= 0.6 is 11.3 Å². The van der Waals surface area contributed by atoms with E-state index >= 15 is 0 Å². The largest absolute Gasteiger partial charge is 0.296 e. The summed E-state index contributed by atoms with van der Waals surface area (Å²) in [7, 11) is 0. The molecule has 2 aromatic rings. The second kappa shape index (κ2) is 7.64. The van der Waals surface area contributed by atoms with Crippen molar-refractivity contribution < 1.29 is 9.18 Å². The van der Waals surface area contributed by atoms with Gasteiger partial charge in [-0.3, -0.25) is 10.1 Å². The molecule has 0 atom stereocenters. The van der Waals surface area contributed by atoms with Crippen molar-refractivity contribution in [2.24, 2.45) is 5.92 Å². The molecule has 0 spiro atoms. The molecular formula is C17H20FN3OS. The van der Waals surface area contributed by atoms with Crippen molar-refractivity contribution in [3.63, 3.8) is 0 Å². The molecule has 0 saturated heterocycles. The maximum Gasteiger partial charge on any atom is 0.257 e. The van der Waals surface area contributed by atoms with Crippen LogP contribution in [0.2, 0.25) is 0 Å². The standard InChI is InChI=1S/C17H20FN3OS/c18-14-8-4-7-13(11-14)16(22)19-17-21-20-15(23-17)10-9-12-5-2-1-3-6-12/h4,7-8,11-12H,1-3,5-6,9-10H2,(H,19,21,22). The molecule has 0 unspecified atom stereocenters. The van der Waals surface area contributed by atoms with Crippen LogP contribution in [-0.4, -0.2) is 16.1 Å². The molecule has 0 bridgehead atoms. The summed E-state index contributed by atoms with van der Waals surface area (Å²) in [5.74, 6) is 0.0144. The Hall–Kier alpha value is -1.82. The number of aryl methyl sites for hydroxylation is 1. The van der Waals surface area contributed by atoms with Gasteiger partial charge in [0.05, 0.1) is 0 Å². The van der Waals surface area contributed by atoms with Crippen molar-refractivity contribution in [1.82, 2.24) is 10.2 Å². The zero-order valence-corrected chi connectivity index (χ0v) is 13.7. The fraction of sp³-hybridized carbons (Fsp3) is 0.471. The van der Waals surface area contributed by atoms with Crippen LogP contribution in [-0.2, 0) is 6.42 Å². The van der Waals surface area contributed by atoms with Crippen LogP contribution in [0.5, 0.6) is 0 Å². The van der Waals surface area contributed by atoms with E-state index in [0.29, 0.717) is 5.13 Å². The Morgan fingerprint density at radius 1 is 1.26 bits per heavy atom. The smallest absolute Gasteiger partial charge is 0.257 e. The fourth-order valence-electron chi connectivity index (χ4n) is 3.01. The summed E-state index contributed by atoms with van der Waals surface area (Å²) in [5, 5.41) is 12.3. The first-order valence-corrected chi connectivity index (χ1v) is 8.91. The number of carbonyl (C=O) groups excluding carboxylic acids is 1. The van der Waals surface area contributed by atoms with Crippen LogP contribution in [0.3, 0.4) is 0 Å². The van der Waals surface area contributed by atoms with Gasteiger partial charge in [-0.15, -0.1) is 10.2 Å². The summed E-state index contributed by atoms with van der Waals surface area (Å²) >= 11 is 1.40. The highest BCUT2D eigenvalue weighted by Crippen LogP contribution is 2.28. The summed E-state index contributed by atoms with van der Waals surface area (Å²) < 4.78 is 13.1. The number of anilines is 1. The van der Waals surface area contributed by atoms with Crippen molar-refractivity contribution in [1.29, 1.82) is 0 Å². The normalized spacial score (nSPS) is 15.5.